The third-order valence-corrected chi connectivity index (χ3v) is 4.98. The third kappa shape index (κ3) is 1.47. The van der Waals surface area contributed by atoms with Crippen LogP contribution in [-0.4, -0.2) is 35.6 Å². The van der Waals surface area contributed by atoms with Crippen molar-refractivity contribution in [2.75, 3.05) is 19.6 Å². The van der Waals surface area contributed by atoms with E-state index in [1.54, 1.807) is 0 Å². The first-order chi connectivity index (χ1) is 8.25. The number of fused-ring (bicyclic) bond motifs is 2. The fourth-order valence-electron chi connectivity index (χ4n) is 3.67. The summed E-state index contributed by atoms with van der Waals surface area (Å²) >= 11 is 3.45. The van der Waals surface area contributed by atoms with Gasteiger partial charge in [0.05, 0.1) is 5.69 Å². The van der Waals surface area contributed by atoms with Crippen LogP contribution in [0.25, 0.3) is 0 Å². The summed E-state index contributed by atoms with van der Waals surface area (Å²) in [4.78, 5) is 7.16. The summed E-state index contributed by atoms with van der Waals surface area (Å²) in [5.41, 5.74) is 1.48. The highest BCUT2D eigenvalue weighted by atomic mass is 79.9. The lowest BCUT2D eigenvalue weighted by Gasteiger charge is -2.44. The van der Waals surface area contributed by atoms with Gasteiger partial charge in [0.25, 0.3) is 0 Å². The zero-order valence-corrected chi connectivity index (χ0v) is 11.2. The number of nitrogens with zero attached hydrogens (tertiary/aromatic N) is 2. The molecule has 4 heteroatoms. The van der Waals surface area contributed by atoms with Crippen LogP contribution in [-0.2, 0) is 6.42 Å². The molecule has 4 rings (SSSR count). The average Bonchev–Trinajstić information content (AvgIpc) is 2.64. The van der Waals surface area contributed by atoms with Crippen LogP contribution in [0.5, 0.6) is 5.75 Å². The smallest absolute Gasteiger partial charge is 0.141 e. The van der Waals surface area contributed by atoms with E-state index in [0.717, 1.165) is 22.5 Å². The Hall–Kier alpha value is -0.610. The third-order valence-electron chi connectivity index (χ3n) is 4.54. The summed E-state index contributed by atoms with van der Waals surface area (Å²) < 4.78 is 7.12. The second kappa shape index (κ2) is 3.45. The van der Waals surface area contributed by atoms with Crippen LogP contribution < -0.4 is 4.74 Å². The Bertz CT molecular complexity index is 478. The molecule has 2 saturated heterocycles. The SMILES string of the molecule is Brc1ccc2c(n1)CC13CCN(CCC1O2)C3. The van der Waals surface area contributed by atoms with Crippen LogP contribution in [0.1, 0.15) is 18.5 Å². The molecule has 1 aromatic rings. The van der Waals surface area contributed by atoms with E-state index in [0.29, 0.717) is 11.5 Å². The Morgan fingerprint density at radius 1 is 1.41 bits per heavy atom. The maximum atomic E-state index is 6.20. The molecule has 0 amide bonds. The molecule has 0 N–H and O–H groups in total. The standard InChI is InChI=1S/C13H15BrN2O/c14-12-2-1-10-9(15-12)7-13-4-6-16(8-13)5-3-11(13)17-10/h1-2,11H,3-8H2. The molecule has 2 bridgehead atoms. The van der Waals surface area contributed by atoms with Crippen molar-refractivity contribution in [2.24, 2.45) is 5.41 Å². The molecule has 3 aliphatic rings. The summed E-state index contributed by atoms with van der Waals surface area (Å²) in [7, 11) is 0. The molecular weight excluding hydrogens is 280 g/mol. The van der Waals surface area contributed by atoms with Crippen LogP contribution >= 0.6 is 15.9 Å². The zero-order chi connectivity index (χ0) is 11.5. The van der Waals surface area contributed by atoms with E-state index in [1.165, 1.54) is 32.5 Å². The second-order valence-corrected chi connectivity index (χ2v) is 6.35. The normalized spacial score (nSPS) is 38.2. The second-order valence-electron chi connectivity index (χ2n) is 5.54. The van der Waals surface area contributed by atoms with Gasteiger partial charge in [-0.05, 0) is 47.4 Å². The van der Waals surface area contributed by atoms with Gasteiger partial charge in [0.2, 0.25) is 0 Å². The molecule has 0 saturated carbocycles. The van der Waals surface area contributed by atoms with Gasteiger partial charge in [0.15, 0.2) is 0 Å². The first kappa shape index (κ1) is 10.3. The van der Waals surface area contributed by atoms with Gasteiger partial charge < -0.3 is 9.64 Å². The fraction of sp³-hybridized carbons (Fsp3) is 0.615. The molecule has 3 atom stereocenters. The number of halogens is 1. The molecule has 0 aliphatic carbocycles. The zero-order valence-electron chi connectivity index (χ0n) is 9.66. The Kier molecular flexibility index (Phi) is 2.10. The average molecular weight is 295 g/mol. The van der Waals surface area contributed by atoms with Gasteiger partial charge in [0.1, 0.15) is 16.5 Å². The minimum Gasteiger partial charge on any atom is -0.488 e. The molecule has 1 aromatic heterocycles. The number of piperidine rings is 1. The van der Waals surface area contributed by atoms with E-state index in [4.69, 9.17) is 4.74 Å². The largest absolute Gasteiger partial charge is 0.488 e. The lowest BCUT2D eigenvalue weighted by atomic mass is 9.73. The summed E-state index contributed by atoms with van der Waals surface area (Å²) in [6.07, 6.45) is 3.95. The Labute approximate surface area is 109 Å². The molecular formula is C13H15BrN2O. The van der Waals surface area contributed by atoms with Crippen molar-refractivity contribution in [3.05, 3.63) is 22.4 Å². The summed E-state index contributed by atoms with van der Waals surface area (Å²) in [5.74, 6) is 1.00. The maximum absolute atomic E-state index is 6.20. The van der Waals surface area contributed by atoms with Gasteiger partial charge in [-0.1, -0.05) is 0 Å². The van der Waals surface area contributed by atoms with Crippen LogP contribution in [0, 0.1) is 5.41 Å². The van der Waals surface area contributed by atoms with Crippen molar-refractivity contribution in [2.45, 2.75) is 25.4 Å². The number of ether oxygens (including phenoxy) is 1. The molecule has 3 nitrogen and oxygen atoms in total. The number of pyridine rings is 1. The number of hydrogen-bond acceptors (Lipinski definition) is 3. The first-order valence-electron chi connectivity index (χ1n) is 6.30. The topological polar surface area (TPSA) is 25.4 Å². The van der Waals surface area contributed by atoms with Crippen LogP contribution in [0.15, 0.2) is 16.7 Å². The van der Waals surface area contributed by atoms with Crippen molar-refractivity contribution >= 4 is 15.9 Å². The van der Waals surface area contributed by atoms with Crippen molar-refractivity contribution in [1.29, 1.82) is 0 Å². The van der Waals surface area contributed by atoms with Crippen molar-refractivity contribution in [3.8, 4) is 5.75 Å². The molecule has 1 spiro atoms. The van der Waals surface area contributed by atoms with E-state index in [-0.39, 0.29) is 0 Å². The fourth-order valence-corrected chi connectivity index (χ4v) is 4.01. The van der Waals surface area contributed by atoms with Crippen LogP contribution in [0.3, 0.4) is 0 Å². The monoisotopic (exact) mass is 294 g/mol. The highest BCUT2D eigenvalue weighted by molar-refractivity contribution is 9.10. The van der Waals surface area contributed by atoms with E-state index in [9.17, 15) is 0 Å². The Morgan fingerprint density at radius 3 is 3.29 bits per heavy atom. The van der Waals surface area contributed by atoms with Gasteiger partial charge in [-0.2, -0.15) is 0 Å². The van der Waals surface area contributed by atoms with E-state index >= 15 is 0 Å². The highest BCUT2D eigenvalue weighted by Crippen LogP contribution is 2.48. The number of hydrogen-bond donors (Lipinski definition) is 0. The van der Waals surface area contributed by atoms with E-state index in [2.05, 4.69) is 31.9 Å². The van der Waals surface area contributed by atoms with Crippen molar-refractivity contribution < 1.29 is 4.74 Å². The molecule has 4 heterocycles. The van der Waals surface area contributed by atoms with Gasteiger partial charge in [-0.3, -0.25) is 0 Å². The highest BCUT2D eigenvalue weighted by Gasteiger charge is 2.51. The lowest BCUT2D eigenvalue weighted by Crippen LogP contribution is -2.50. The molecule has 2 fully saturated rings. The van der Waals surface area contributed by atoms with Crippen molar-refractivity contribution in [3.63, 3.8) is 0 Å². The molecule has 3 aliphatic heterocycles. The van der Waals surface area contributed by atoms with Gasteiger partial charge in [-0.25, -0.2) is 4.98 Å². The first-order valence-corrected chi connectivity index (χ1v) is 7.09. The van der Waals surface area contributed by atoms with Gasteiger partial charge in [0, 0.05) is 24.9 Å². The molecule has 90 valence electrons. The molecule has 0 radical (unpaired) electrons. The predicted octanol–water partition coefficient (Wildman–Crippen LogP) is 2.24. The number of aromatic nitrogens is 1. The van der Waals surface area contributed by atoms with Crippen LogP contribution in [0.2, 0.25) is 0 Å². The Balaban J connectivity index is 1.77. The van der Waals surface area contributed by atoms with Gasteiger partial charge >= 0.3 is 0 Å². The van der Waals surface area contributed by atoms with Crippen molar-refractivity contribution in [1.82, 2.24) is 9.88 Å². The molecule has 17 heavy (non-hydrogen) atoms. The Morgan fingerprint density at radius 2 is 2.35 bits per heavy atom. The van der Waals surface area contributed by atoms with Crippen LogP contribution in [0.4, 0.5) is 0 Å². The minimum absolute atomic E-state index is 0.346. The predicted molar refractivity (Wildman–Crippen MR) is 68.2 cm³/mol. The van der Waals surface area contributed by atoms with E-state index in [1.807, 2.05) is 6.07 Å². The van der Waals surface area contributed by atoms with E-state index < -0.39 is 0 Å². The minimum atomic E-state index is 0.346. The summed E-state index contributed by atoms with van der Waals surface area (Å²) in [5, 5.41) is 0. The lowest BCUT2D eigenvalue weighted by molar-refractivity contribution is -0.00199. The number of rotatable bonds is 0. The maximum Gasteiger partial charge on any atom is 0.141 e. The molecule has 3 unspecified atom stereocenters. The summed E-state index contributed by atoms with van der Waals surface area (Å²) in [6.45, 7) is 3.64. The summed E-state index contributed by atoms with van der Waals surface area (Å²) in [6, 6.07) is 4.03. The van der Waals surface area contributed by atoms with Gasteiger partial charge in [-0.15, -0.1) is 0 Å². The molecule has 0 aromatic carbocycles. The quantitative estimate of drug-likeness (QED) is 0.686.